The molecular formula is C19H13ClFNOS. The molecule has 24 heavy (non-hydrogen) atoms. The molecule has 1 aliphatic rings. The second-order valence-corrected chi connectivity index (χ2v) is 7.10. The Balaban J connectivity index is 1.81. The van der Waals surface area contributed by atoms with Crippen molar-refractivity contribution in [3.8, 4) is 11.1 Å². The number of anilines is 1. The van der Waals surface area contributed by atoms with Gasteiger partial charge in [0.15, 0.2) is 0 Å². The summed E-state index contributed by atoms with van der Waals surface area (Å²) in [5.41, 5.74) is 3.63. The Hall–Kier alpha value is -2.17. The molecule has 0 bridgehead atoms. The highest BCUT2D eigenvalue weighted by Gasteiger charge is 2.30. The molecule has 1 aromatic heterocycles. The Bertz CT molecular complexity index is 919. The summed E-state index contributed by atoms with van der Waals surface area (Å²) in [4.78, 5) is 13.3. The third-order valence-corrected chi connectivity index (χ3v) is 5.54. The molecule has 1 amide bonds. The molecule has 3 aromatic rings. The second kappa shape index (κ2) is 6.04. The summed E-state index contributed by atoms with van der Waals surface area (Å²) in [6, 6.07) is 14.0. The van der Waals surface area contributed by atoms with E-state index in [0.29, 0.717) is 11.4 Å². The van der Waals surface area contributed by atoms with Crippen LogP contribution < -0.4 is 5.32 Å². The maximum atomic E-state index is 13.6. The molecule has 0 saturated heterocycles. The largest absolute Gasteiger partial charge is 0.325 e. The summed E-state index contributed by atoms with van der Waals surface area (Å²) in [5, 5.41) is 5.69. The molecule has 2 aromatic carbocycles. The van der Waals surface area contributed by atoms with Crippen molar-refractivity contribution in [1.29, 1.82) is 0 Å². The number of thiophene rings is 1. The van der Waals surface area contributed by atoms with Crippen molar-refractivity contribution in [1.82, 2.24) is 0 Å². The van der Waals surface area contributed by atoms with Crippen LogP contribution in [0, 0.1) is 5.82 Å². The normalized spacial score (nSPS) is 16.6. The SMILES string of the molecule is O=C1C[C@@H](c2cccc(F)c2)c2scc(-c3ccc(Cl)cc3)c2N1. The van der Waals surface area contributed by atoms with Crippen LogP contribution in [0.15, 0.2) is 53.9 Å². The van der Waals surface area contributed by atoms with Crippen molar-refractivity contribution in [2.24, 2.45) is 0 Å². The predicted molar refractivity (Wildman–Crippen MR) is 96.3 cm³/mol. The third kappa shape index (κ3) is 2.72. The monoisotopic (exact) mass is 357 g/mol. The van der Waals surface area contributed by atoms with E-state index in [1.165, 1.54) is 12.1 Å². The van der Waals surface area contributed by atoms with E-state index in [4.69, 9.17) is 11.6 Å². The van der Waals surface area contributed by atoms with E-state index in [1.54, 1.807) is 17.4 Å². The fraction of sp³-hybridized carbons (Fsp3) is 0.105. The van der Waals surface area contributed by atoms with Crippen molar-refractivity contribution < 1.29 is 9.18 Å². The molecule has 0 unspecified atom stereocenters. The van der Waals surface area contributed by atoms with Crippen LogP contribution in [0.4, 0.5) is 10.1 Å². The number of carbonyl (C=O) groups is 1. The lowest BCUT2D eigenvalue weighted by Gasteiger charge is -2.24. The van der Waals surface area contributed by atoms with E-state index < -0.39 is 0 Å². The number of carbonyl (C=O) groups excluding carboxylic acids is 1. The van der Waals surface area contributed by atoms with Crippen LogP contribution in [-0.2, 0) is 4.79 Å². The van der Waals surface area contributed by atoms with Crippen molar-refractivity contribution in [3.63, 3.8) is 0 Å². The zero-order chi connectivity index (χ0) is 16.7. The van der Waals surface area contributed by atoms with Gasteiger partial charge in [-0.05, 0) is 35.4 Å². The van der Waals surface area contributed by atoms with Gasteiger partial charge in [-0.2, -0.15) is 0 Å². The quantitative estimate of drug-likeness (QED) is 0.628. The van der Waals surface area contributed by atoms with E-state index in [0.717, 1.165) is 27.3 Å². The average molecular weight is 358 g/mol. The molecule has 0 radical (unpaired) electrons. The summed E-state index contributed by atoms with van der Waals surface area (Å²) in [5.74, 6) is -0.449. The maximum Gasteiger partial charge on any atom is 0.225 e. The van der Waals surface area contributed by atoms with Crippen molar-refractivity contribution in [2.75, 3.05) is 5.32 Å². The number of halogens is 2. The molecule has 0 fully saturated rings. The van der Waals surface area contributed by atoms with Crippen LogP contribution in [-0.4, -0.2) is 5.91 Å². The highest BCUT2D eigenvalue weighted by Crippen LogP contribution is 2.46. The van der Waals surface area contributed by atoms with Crippen LogP contribution in [0.1, 0.15) is 22.8 Å². The fourth-order valence-electron chi connectivity index (χ4n) is 3.06. The van der Waals surface area contributed by atoms with E-state index in [9.17, 15) is 9.18 Å². The fourth-order valence-corrected chi connectivity index (χ4v) is 4.35. The Morgan fingerprint density at radius 2 is 1.96 bits per heavy atom. The van der Waals surface area contributed by atoms with Gasteiger partial charge in [0.05, 0.1) is 5.69 Å². The van der Waals surface area contributed by atoms with Gasteiger partial charge in [-0.15, -0.1) is 11.3 Å². The zero-order valence-electron chi connectivity index (χ0n) is 12.6. The summed E-state index contributed by atoms with van der Waals surface area (Å²) in [6.45, 7) is 0. The van der Waals surface area contributed by atoms with Crippen molar-refractivity contribution >= 4 is 34.5 Å². The molecule has 0 saturated carbocycles. The number of amides is 1. The molecular weight excluding hydrogens is 345 g/mol. The van der Waals surface area contributed by atoms with Crippen molar-refractivity contribution in [3.05, 3.63) is 75.2 Å². The van der Waals surface area contributed by atoms with Gasteiger partial charge < -0.3 is 5.32 Å². The molecule has 4 rings (SSSR count). The summed E-state index contributed by atoms with van der Waals surface area (Å²) in [7, 11) is 0. The Labute approximate surface area is 147 Å². The highest BCUT2D eigenvalue weighted by atomic mass is 35.5. The predicted octanol–water partition coefficient (Wildman–Crippen LogP) is 5.68. The van der Waals surface area contributed by atoms with Gasteiger partial charge in [0.25, 0.3) is 0 Å². The number of hydrogen-bond donors (Lipinski definition) is 1. The molecule has 2 nitrogen and oxygen atoms in total. The van der Waals surface area contributed by atoms with E-state index in [1.807, 2.05) is 35.7 Å². The van der Waals surface area contributed by atoms with Gasteiger partial charge in [0.2, 0.25) is 5.91 Å². The van der Waals surface area contributed by atoms with E-state index >= 15 is 0 Å². The van der Waals surface area contributed by atoms with Crippen molar-refractivity contribution in [2.45, 2.75) is 12.3 Å². The number of benzene rings is 2. The average Bonchev–Trinajstić information content (AvgIpc) is 2.98. The van der Waals surface area contributed by atoms with Crippen LogP contribution in [0.3, 0.4) is 0 Å². The van der Waals surface area contributed by atoms with Gasteiger partial charge in [-0.1, -0.05) is 35.9 Å². The molecule has 0 aliphatic carbocycles. The lowest BCUT2D eigenvalue weighted by atomic mass is 9.89. The zero-order valence-corrected chi connectivity index (χ0v) is 14.1. The summed E-state index contributed by atoms with van der Waals surface area (Å²) >= 11 is 7.55. The first kappa shape index (κ1) is 15.4. The molecule has 1 atom stereocenters. The Kier molecular flexibility index (Phi) is 3.87. The lowest BCUT2D eigenvalue weighted by Crippen LogP contribution is -2.22. The molecule has 5 heteroatoms. The lowest BCUT2D eigenvalue weighted by molar-refractivity contribution is -0.116. The number of hydrogen-bond acceptors (Lipinski definition) is 2. The molecule has 1 N–H and O–H groups in total. The first-order valence-corrected chi connectivity index (χ1v) is 8.80. The minimum atomic E-state index is -0.283. The number of fused-ring (bicyclic) bond motifs is 1. The highest BCUT2D eigenvalue weighted by molar-refractivity contribution is 7.11. The number of rotatable bonds is 2. The molecule has 1 aliphatic heterocycles. The van der Waals surface area contributed by atoms with Gasteiger partial charge in [0, 0.05) is 33.2 Å². The Morgan fingerprint density at radius 3 is 2.71 bits per heavy atom. The van der Waals surface area contributed by atoms with Crippen LogP contribution >= 0.6 is 22.9 Å². The number of nitrogens with one attached hydrogen (secondary N) is 1. The summed E-state index contributed by atoms with van der Waals surface area (Å²) < 4.78 is 13.6. The maximum absolute atomic E-state index is 13.6. The third-order valence-electron chi connectivity index (χ3n) is 4.20. The van der Waals surface area contributed by atoms with E-state index in [-0.39, 0.29) is 17.6 Å². The second-order valence-electron chi connectivity index (χ2n) is 5.76. The topological polar surface area (TPSA) is 29.1 Å². The van der Waals surface area contributed by atoms with Gasteiger partial charge >= 0.3 is 0 Å². The van der Waals surface area contributed by atoms with Crippen LogP contribution in [0.5, 0.6) is 0 Å². The van der Waals surface area contributed by atoms with Crippen LogP contribution in [0.2, 0.25) is 5.02 Å². The van der Waals surface area contributed by atoms with Gasteiger partial charge in [-0.3, -0.25) is 4.79 Å². The summed E-state index contributed by atoms with van der Waals surface area (Å²) in [6.07, 6.45) is 0.330. The smallest absolute Gasteiger partial charge is 0.225 e. The minimum absolute atomic E-state index is 0.0506. The minimum Gasteiger partial charge on any atom is -0.325 e. The molecule has 2 heterocycles. The Morgan fingerprint density at radius 1 is 1.17 bits per heavy atom. The molecule has 0 spiro atoms. The standard InChI is InChI=1S/C19H13ClFNOS/c20-13-6-4-11(5-7-13)16-10-24-19-15(9-17(23)22-18(16)19)12-2-1-3-14(21)8-12/h1-8,10,15H,9H2,(H,22,23)/t15-/m0/s1. The molecule has 120 valence electrons. The first-order chi connectivity index (χ1) is 11.6. The van der Waals surface area contributed by atoms with Gasteiger partial charge in [-0.25, -0.2) is 4.39 Å². The first-order valence-electron chi connectivity index (χ1n) is 7.54. The van der Waals surface area contributed by atoms with Gasteiger partial charge in [0.1, 0.15) is 5.82 Å². The van der Waals surface area contributed by atoms with E-state index in [2.05, 4.69) is 5.32 Å². The van der Waals surface area contributed by atoms with Crippen LogP contribution in [0.25, 0.3) is 11.1 Å².